The third kappa shape index (κ3) is 93.1. The third-order valence-corrected chi connectivity index (χ3v) is 0. The van der Waals surface area contributed by atoms with E-state index in [-0.39, 0.29) is 11.0 Å². The van der Waals surface area contributed by atoms with Gasteiger partial charge in [-0.25, -0.2) is 0 Å². The van der Waals surface area contributed by atoms with Crippen molar-refractivity contribution >= 4 is 40.4 Å². The Kier molecular flexibility index (Phi) is 13.0. The summed E-state index contributed by atoms with van der Waals surface area (Å²) in [5.41, 5.74) is 0. The van der Waals surface area contributed by atoms with Gasteiger partial charge in [0.15, 0.2) is 0 Å². The van der Waals surface area contributed by atoms with E-state index in [1.807, 2.05) is 0 Å². The number of halogens is 4. The van der Waals surface area contributed by atoms with Crippen LogP contribution in [0.25, 0.3) is 0 Å². The molecule has 0 amide bonds. The van der Waals surface area contributed by atoms with E-state index in [0.29, 0.717) is 0 Å². The van der Waals surface area contributed by atoms with Crippen molar-refractivity contribution in [1.29, 1.82) is 0 Å². The van der Waals surface area contributed by atoms with Crippen molar-refractivity contribution in [2.75, 3.05) is 0 Å². The summed E-state index contributed by atoms with van der Waals surface area (Å²) in [5.74, 6) is 0. The van der Waals surface area contributed by atoms with Crippen molar-refractivity contribution < 1.29 is 20.2 Å². The van der Waals surface area contributed by atoms with E-state index >= 15 is 0 Å². The summed E-state index contributed by atoms with van der Waals surface area (Å²) in [6.07, 6.45) is 0. The number of hydrogen-bond donors (Lipinski definition) is 0. The van der Waals surface area contributed by atoms with Crippen LogP contribution in [0.15, 0.2) is 0 Å². The van der Waals surface area contributed by atoms with Gasteiger partial charge in [0.25, 0.3) is 0 Å². The van der Waals surface area contributed by atoms with E-state index in [9.17, 15) is 0 Å². The van der Waals surface area contributed by atoms with E-state index in [4.69, 9.17) is 40.4 Å². The molecule has 0 fully saturated rings. The quantitative estimate of drug-likeness (QED) is 0.570. The van der Waals surface area contributed by atoms with Crippen LogP contribution in [0.3, 0.4) is 0 Å². The van der Waals surface area contributed by atoms with Gasteiger partial charge in [0.1, 0.15) is 0 Å². The predicted octanol–water partition coefficient (Wildman–Crippen LogP) is 1.11. The fourth-order valence-electron chi connectivity index (χ4n) is 0. The minimum absolute atomic E-state index is 0. The molecule has 0 spiro atoms. The molecule has 0 aliphatic rings. The molecule has 0 unspecified atom stereocenters. The average molecular weight is 241 g/mol. The molecule has 0 saturated carbocycles. The molecule has 4 N–H and O–H groups in total. The average Bonchev–Trinajstić information content (AvgIpc) is 0.722. The monoisotopic (exact) mass is 239 g/mol. The standard InChI is InChI=1S/4ClH.Cu.2H2O/h4*1H;;2*1H2/q;;;;+4;;/p-4. The maximum atomic E-state index is 4.90. The third-order valence-electron chi connectivity index (χ3n) is 0. The first-order chi connectivity index (χ1) is 2.00. The molecular weight excluding hydrogens is 237 g/mol. The Hall–Kier alpha value is 1.60. The van der Waals surface area contributed by atoms with Crippen LogP contribution in [0, 0.1) is 0 Å². The Morgan fingerprint density at radius 3 is 0.714 bits per heavy atom. The van der Waals surface area contributed by atoms with Crippen LogP contribution in [-0.2, 0) is 9.20 Å². The van der Waals surface area contributed by atoms with Gasteiger partial charge in [0.2, 0.25) is 0 Å². The zero-order valence-corrected chi connectivity index (χ0v) is 6.78. The first-order valence-electron chi connectivity index (χ1n) is 0.456. The molecule has 0 aliphatic carbocycles. The first-order valence-corrected chi connectivity index (χ1v) is 5.64. The summed E-state index contributed by atoms with van der Waals surface area (Å²) in [6, 6.07) is 0. The SMILES string of the molecule is O.O.[Cl][Cu]([Cl])([Cl])[Cl]. The predicted molar refractivity (Wildman–Crippen MR) is 30.6 cm³/mol. The Labute approximate surface area is 60.4 Å². The van der Waals surface area contributed by atoms with Gasteiger partial charge in [-0.1, -0.05) is 0 Å². The number of rotatable bonds is 0. The molecule has 0 aromatic rings. The molecule has 0 rings (SSSR count). The van der Waals surface area contributed by atoms with Gasteiger partial charge in [0, 0.05) is 0 Å². The van der Waals surface area contributed by atoms with Crippen molar-refractivity contribution in [1.82, 2.24) is 0 Å². The van der Waals surface area contributed by atoms with Crippen molar-refractivity contribution in [2.45, 2.75) is 0 Å². The van der Waals surface area contributed by atoms with Gasteiger partial charge >= 0.3 is 49.6 Å². The fraction of sp³-hybridized carbons (Fsp3) is 0. The maximum absolute atomic E-state index is 4.90. The molecule has 0 atom stereocenters. The van der Waals surface area contributed by atoms with Crippen molar-refractivity contribution in [3.8, 4) is 0 Å². The van der Waals surface area contributed by atoms with Crippen LogP contribution in [0.5, 0.6) is 0 Å². The van der Waals surface area contributed by atoms with Crippen LogP contribution in [-0.4, -0.2) is 11.0 Å². The molecule has 0 aromatic carbocycles. The second-order valence-electron chi connectivity index (χ2n) is 0.258. The molecule has 7 heteroatoms. The van der Waals surface area contributed by atoms with Gasteiger partial charge < -0.3 is 11.0 Å². The summed E-state index contributed by atoms with van der Waals surface area (Å²) in [4.78, 5) is 0. The van der Waals surface area contributed by atoms with Crippen molar-refractivity contribution in [3.05, 3.63) is 0 Å². The summed E-state index contributed by atoms with van der Waals surface area (Å²) in [5, 5.41) is 0. The molecule has 0 radical (unpaired) electrons. The summed E-state index contributed by atoms with van der Waals surface area (Å²) in [6.45, 7) is 0. The first kappa shape index (κ1) is 15.8. The normalized spacial score (nSPS) is 10.9. The molecular formula is H4Cl4CuO2. The van der Waals surface area contributed by atoms with E-state index < -0.39 is 9.20 Å². The number of hydrogen-bond acceptors (Lipinski definition) is 0. The molecule has 55 valence electrons. The Morgan fingerprint density at radius 2 is 0.714 bits per heavy atom. The van der Waals surface area contributed by atoms with Crippen LogP contribution in [0.2, 0.25) is 0 Å². The summed E-state index contributed by atoms with van der Waals surface area (Å²) in [7, 11) is 17.4. The second-order valence-corrected chi connectivity index (χ2v) is 9.59. The van der Waals surface area contributed by atoms with Gasteiger partial charge in [-0.3, -0.25) is 0 Å². The molecule has 0 heterocycles. The summed E-state index contributed by atoms with van der Waals surface area (Å²) < 4.78 is 0. The molecule has 0 saturated heterocycles. The molecule has 7 heavy (non-hydrogen) atoms. The van der Waals surface area contributed by atoms with Gasteiger partial charge in [-0.05, 0) is 0 Å². The summed E-state index contributed by atoms with van der Waals surface area (Å²) >= 11 is 0. The Balaban J connectivity index is -0.0000000800. The topological polar surface area (TPSA) is 63.0 Å². The zero-order chi connectivity index (χ0) is 4.50. The van der Waals surface area contributed by atoms with E-state index in [1.165, 1.54) is 0 Å². The fourth-order valence-corrected chi connectivity index (χ4v) is 0. The molecule has 0 aliphatic heterocycles. The van der Waals surface area contributed by atoms with E-state index in [1.54, 1.807) is 0 Å². The second kappa shape index (κ2) is 5.73. The van der Waals surface area contributed by atoms with Crippen LogP contribution in [0.1, 0.15) is 0 Å². The van der Waals surface area contributed by atoms with Gasteiger partial charge in [-0.15, -0.1) is 0 Å². The molecule has 0 bridgehead atoms. The molecule has 0 aromatic heterocycles. The zero-order valence-electron chi connectivity index (χ0n) is 2.81. The minimum atomic E-state index is -2.24. The van der Waals surface area contributed by atoms with Crippen molar-refractivity contribution in [3.63, 3.8) is 0 Å². The van der Waals surface area contributed by atoms with Crippen LogP contribution < -0.4 is 0 Å². The van der Waals surface area contributed by atoms with Crippen LogP contribution >= 0.6 is 40.4 Å². The molecule has 2 nitrogen and oxygen atoms in total. The van der Waals surface area contributed by atoms with Gasteiger partial charge in [-0.2, -0.15) is 0 Å². The Morgan fingerprint density at radius 1 is 0.714 bits per heavy atom. The van der Waals surface area contributed by atoms with E-state index in [2.05, 4.69) is 0 Å². The van der Waals surface area contributed by atoms with Crippen LogP contribution in [0.4, 0.5) is 0 Å². The van der Waals surface area contributed by atoms with E-state index in [0.717, 1.165) is 0 Å². The van der Waals surface area contributed by atoms with Gasteiger partial charge in [0.05, 0.1) is 0 Å². The Bertz CT molecular complexity index is 25.2. The van der Waals surface area contributed by atoms with Crippen molar-refractivity contribution in [2.24, 2.45) is 0 Å².